The summed E-state index contributed by atoms with van der Waals surface area (Å²) in [6.45, 7) is 0. The molecule has 0 aliphatic rings. The van der Waals surface area contributed by atoms with Crippen LogP contribution < -0.4 is 0 Å². The number of nitrogens with zero attached hydrogens (tertiary/aromatic N) is 5. The third kappa shape index (κ3) is 0.642. The Hall–Kier alpha value is -1.79. The van der Waals surface area contributed by atoms with E-state index in [9.17, 15) is 0 Å². The monoisotopic (exact) mass is 138 g/mol. The zero-order valence-electron chi connectivity index (χ0n) is 4.72. The quantitative estimate of drug-likeness (QED) is 0.557. The molecule has 0 spiro atoms. The van der Waals surface area contributed by atoms with Crippen LogP contribution in [-0.2, 0) is 0 Å². The van der Waals surface area contributed by atoms with E-state index >= 15 is 0 Å². The predicted octanol–water partition coefficient (Wildman–Crippen LogP) is -0.750. The third-order valence-corrected chi connectivity index (χ3v) is 0.936. The van der Waals surface area contributed by atoms with Gasteiger partial charge in [-0.05, 0) is 10.4 Å². The minimum absolute atomic E-state index is 0.376. The van der Waals surface area contributed by atoms with Crippen molar-refractivity contribution in [2.45, 2.75) is 0 Å². The van der Waals surface area contributed by atoms with E-state index in [2.05, 4.69) is 35.6 Å². The number of hydrogen-bond acceptors (Lipinski definition) is 6. The first-order valence-corrected chi connectivity index (χ1v) is 2.48. The topological polar surface area (TPSA) is 93.4 Å². The molecule has 0 bridgehead atoms. The predicted molar refractivity (Wildman–Crippen MR) is 27.5 cm³/mol. The highest BCUT2D eigenvalue weighted by Crippen LogP contribution is 2.04. The van der Waals surface area contributed by atoms with Crippen molar-refractivity contribution in [3.8, 4) is 11.5 Å². The number of aromatic amines is 1. The number of rotatable bonds is 1. The Kier molecular flexibility index (Phi) is 0.938. The maximum Gasteiger partial charge on any atom is 0.228 e. The minimum Gasteiger partial charge on any atom is -0.244 e. The van der Waals surface area contributed by atoms with Crippen molar-refractivity contribution in [1.82, 2.24) is 30.9 Å². The normalized spacial score (nSPS) is 10.0. The van der Waals surface area contributed by atoms with Gasteiger partial charge in [-0.2, -0.15) is 5.21 Å². The summed E-state index contributed by atoms with van der Waals surface area (Å²) in [6.07, 6.45) is 1.41. The molecule has 0 saturated heterocycles. The third-order valence-electron chi connectivity index (χ3n) is 0.936. The summed E-state index contributed by atoms with van der Waals surface area (Å²) in [5.74, 6) is 0.376. The Morgan fingerprint density at radius 3 is 3.10 bits per heavy atom. The van der Waals surface area contributed by atoms with Crippen molar-refractivity contribution in [3.05, 3.63) is 6.20 Å². The van der Waals surface area contributed by atoms with Crippen molar-refractivity contribution in [2.75, 3.05) is 0 Å². The highest BCUT2D eigenvalue weighted by atomic mass is 16.6. The summed E-state index contributed by atoms with van der Waals surface area (Å²) in [4.78, 5) is 0. The number of tetrazole rings is 1. The van der Waals surface area contributed by atoms with Crippen LogP contribution in [0.1, 0.15) is 0 Å². The maximum atomic E-state index is 4.32. The van der Waals surface area contributed by atoms with Crippen LogP contribution in [0.2, 0.25) is 0 Å². The van der Waals surface area contributed by atoms with Crippen LogP contribution >= 0.6 is 0 Å². The molecule has 2 aromatic heterocycles. The molecule has 0 atom stereocenters. The zero-order chi connectivity index (χ0) is 6.81. The van der Waals surface area contributed by atoms with Crippen LogP contribution in [0.3, 0.4) is 0 Å². The van der Waals surface area contributed by atoms with Gasteiger partial charge in [-0.3, -0.25) is 0 Å². The van der Waals surface area contributed by atoms with Crippen LogP contribution in [0.15, 0.2) is 10.8 Å². The molecule has 7 heteroatoms. The molecule has 0 fully saturated rings. The zero-order valence-corrected chi connectivity index (χ0v) is 4.72. The minimum atomic E-state index is 0.376. The van der Waals surface area contributed by atoms with Crippen LogP contribution in [-0.4, -0.2) is 30.9 Å². The number of hydrogen-bond donors (Lipinski definition) is 1. The first-order valence-electron chi connectivity index (χ1n) is 2.48. The van der Waals surface area contributed by atoms with E-state index in [4.69, 9.17) is 0 Å². The molecule has 50 valence electrons. The second kappa shape index (κ2) is 1.87. The molecule has 0 unspecified atom stereocenters. The van der Waals surface area contributed by atoms with E-state index in [0.717, 1.165) is 0 Å². The van der Waals surface area contributed by atoms with Crippen LogP contribution in [0.5, 0.6) is 0 Å². The Bertz CT molecular complexity index is 252. The van der Waals surface area contributed by atoms with Crippen molar-refractivity contribution in [3.63, 3.8) is 0 Å². The number of H-pyrrole nitrogens is 1. The van der Waals surface area contributed by atoms with Crippen molar-refractivity contribution in [2.24, 2.45) is 0 Å². The van der Waals surface area contributed by atoms with Crippen molar-refractivity contribution >= 4 is 0 Å². The summed E-state index contributed by atoms with van der Waals surface area (Å²) in [5, 5.41) is 19.8. The first kappa shape index (κ1) is 5.03. The summed E-state index contributed by atoms with van der Waals surface area (Å²) < 4.78 is 4.32. The summed E-state index contributed by atoms with van der Waals surface area (Å²) >= 11 is 0. The van der Waals surface area contributed by atoms with Gasteiger partial charge in [-0.1, -0.05) is 5.16 Å². The van der Waals surface area contributed by atoms with Gasteiger partial charge in [0.1, 0.15) is 6.20 Å². The lowest BCUT2D eigenvalue weighted by Gasteiger charge is -1.74. The molecule has 0 radical (unpaired) electrons. The first-order chi connectivity index (χ1) is 4.97. The molecule has 2 rings (SSSR count). The lowest BCUT2D eigenvalue weighted by molar-refractivity contribution is 0.308. The molecule has 10 heavy (non-hydrogen) atoms. The molecule has 1 N–H and O–H groups in total. The standard InChI is InChI=1S/C3H2N6O/c1-2(7-10-4-1)3-5-8-9-6-3/h1H,(H,5,6,8,9). The molecule has 0 aliphatic heterocycles. The molecule has 2 aromatic rings. The Balaban J connectivity index is 2.48. The SMILES string of the molecule is c1nonc1-c1nn[nH]n1. The van der Waals surface area contributed by atoms with Gasteiger partial charge >= 0.3 is 0 Å². The Labute approximate surface area is 54.4 Å². The molecule has 2 heterocycles. The van der Waals surface area contributed by atoms with Crippen molar-refractivity contribution < 1.29 is 4.63 Å². The summed E-state index contributed by atoms with van der Waals surface area (Å²) in [5.41, 5.74) is 0.466. The van der Waals surface area contributed by atoms with E-state index in [0.29, 0.717) is 11.5 Å². The largest absolute Gasteiger partial charge is 0.244 e. The molecule has 0 amide bonds. The van der Waals surface area contributed by atoms with Crippen LogP contribution in [0.25, 0.3) is 11.5 Å². The molecule has 0 aromatic carbocycles. The van der Waals surface area contributed by atoms with E-state index in [-0.39, 0.29) is 0 Å². The van der Waals surface area contributed by atoms with Gasteiger partial charge in [-0.25, -0.2) is 4.63 Å². The molecular formula is C3H2N6O. The number of nitrogens with one attached hydrogen (secondary N) is 1. The fraction of sp³-hybridized carbons (Fsp3) is 0. The molecule has 7 nitrogen and oxygen atoms in total. The summed E-state index contributed by atoms with van der Waals surface area (Å²) in [7, 11) is 0. The highest BCUT2D eigenvalue weighted by molar-refractivity contribution is 5.43. The van der Waals surface area contributed by atoms with Gasteiger partial charge in [0.15, 0.2) is 5.69 Å². The van der Waals surface area contributed by atoms with Crippen LogP contribution in [0.4, 0.5) is 0 Å². The second-order valence-electron chi connectivity index (χ2n) is 1.53. The highest BCUT2D eigenvalue weighted by Gasteiger charge is 2.05. The maximum absolute atomic E-state index is 4.32. The van der Waals surface area contributed by atoms with E-state index in [1.165, 1.54) is 6.20 Å². The van der Waals surface area contributed by atoms with E-state index < -0.39 is 0 Å². The summed E-state index contributed by atoms with van der Waals surface area (Å²) in [6, 6.07) is 0. The molecule has 0 aliphatic carbocycles. The smallest absolute Gasteiger partial charge is 0.228 e. The average molecular weight is 138 g/mol. The fourth-order valence-corrected chi connectivity index (χ4v) is 0.533. The van der Waals surface area contributed by atoms with Gasteiger partial charge in [0.2, 0.25) is 5.82 Å². The average Bonchev–Trinajstić information content (AvgIpc) is 2.59. The van der Waals surface area contributed by atoms with Crippen LogP contribution in [0, 0.1) is 0 Å². The van der Waals surface area contributed by atoms with Gasteiger partial charge < -0.3 is 0 Å². The van der Waals surface area contributed by atoms with Gasteiger partial charge in [0, 0.05) is 0 Å². The Morgan fingerprint density at radius 2 is 2.50 bits per heavy atom. The number of aromatic nitrogens is 6. The molecule has 0 saturated carbocycles. The van der Waals surface area contributed by atoms with Gasteiger partial charge in [-0.15, -0.1) is 10.2 Å². The fourth-order valence-electron chi connectivity index (χ4n) is 0.533. The molecular weight excluding hydrogens is 136 g/mol. The Morgan fingerprint density at radius 1 is 1.50 bits per heavy atom. The lowest BCUT2D eigenvalue weighted by Crippen LogP contribution is -1.78. The van der Waals surface area contributed by atoms with Gasteiger partial charge in [0.05, 0.1) is 0 Å². The lowest BCUT2D eigenvalue weighted by atomic mass is 10.5. The van der Waals surface area contributed by atoms with E-state index in [1.54, 1.807) is 0 Å². The second-order valence-corrected chi connectivity index (χ2v) is 1.53. The van der Waals surface area contributed by atoms with E-state index in [1.807, 2.05) is 0 Å². The van der Waals surface area contributed by atoms with Gasteiger partial charge in [0.25, 0.3) is 0 Å². The van der Waals surface area contributed by atoms with Crippen molar-refractivity contribution in [1.29, 1.82) is 0 Å².